The molecule has 0 aromatic heterocycles. The number of ether oxygens (including phenoxy) is 1. The predicted molar refractivity (Wildman–Crippen MR) is 75.0 cm³/mol. The van der Waals surface area contributed by atoms with Gasteiger partial charge in [0.05, 0.1) is 12.7 Å². The molecular weight excluding hydrogens is 250 g/mol. The van der Waals surface area contributed by atoms with Crippen molar-refractivity contribution in [2.24, 2.45) is 0 Å². The van der Waals surface area contributed by atoms with E-state index in [1.165, 1.54) is 0 Å². The number of hydrogen-bond donors (Lipinski definition) is 1. The normalized spacial score (nSPS) is 12.9. The lowest BCUT2D eigenvalue weighted by Gasteiger charge is -2.23. The number of likely N-dealkylation sites (N-methyl/N-ethyl adjacent to an activating group) is 1. The highest BCUT2D eigenvalue weighted by atomic mass is 35.5. The molecule has 0 fully saturated rings. The van der Waals surface area contributed by atoms with Crippen molar-refractivity contribution in [1.29, 1.82) is 0 Å². The SMILES string of the molecule is CCOCCN(CC)CC(O)c1ccc(Cl)cc1. The van der Waals surface area contributed by atoms with Gasteiger partial charge >= 0.3 is 0 Å². The van der Waals surface area contributed by atoms with Crippen LogP contribution < -0.4 is 0 Å². The summed E-state index contributed by atoms with van der Waals surface area (Å²) in [6.07, 6.45) is -0.483. The van der Waals surface area contributed by atoms with Gasteiger partial charge < -0.3 is 9.84 Å². The average Bonchev–Trinajstić information content (AvgIpc) is 2.38. The molecule has 0 spiro atoms. The fourth-order valence-corrected chi connectivity index (χ4v) is 1.88. The molecule has 0 saturated heterocycles. The van der Waals surface area contributed by atoms with Crippen LogP contribution in [-0.4, -0.2) is 42.9 Å². The molecule has 102 valence electrons. The Morgan fingerprint density at radius 1 is 1.28 bits per heavy atom. The van der Waals surface area contributed by atoms with Crippen LogP contribution in [0, 0.1) is 0 Å². The first kappa shape index (κ1) is 15.4. The predicted octanol–water partition coefficient (Wildman–Crippen LogP) is 2.73. The number of nitrogens with zero attached hydrogens (tertiary/aromatic N) is 1. The number of aliphatic hydroxyl groups excluding tert-OH is 1. The van der Waals surface area contributed by atoms with Gasteiger partial charge in [0.25, 0.3) is 0 Å². The summed E-state index contributed by atoms with van der Waals surface area (Å²) < 4.78 is 5.33. The first-order chi connectivity index (χ1) is 8.67. The minimum atomic E-state index is -0.483. The van der Waals surface area contributed by atoms with Crippen LogP contribution in [0.1, 0.15) is 25.5 Å². The van der Waals surface area contributed by atoms with Gasteiger partial charge in [0, 0.05) is 24.7 Å². The first-order valence-electron chi connectivity index (χ1n) is 6.41. The van der Waals surface area contributed by atoms with Gasteiger partial charge in [0.15, 0.2) is 0 Å². The van der Waals surface area contributed by atoms with Crippen molar-refractivity contribution in [2.45, 2.75) is 20.0 Å². The van der Waals surface area contributed by atoms with Crippen LogP contribution in [0.4, 0.5) is 0 Å². The van der Waals surface area contributed by atoms with Gasteiger partial charge in [-0.15, -0.1) is 0 Å². The minimum absolute atomic E-state index is 0.483. The van der Waals surface area contributed by atoms with Crippen molar-refractivity contribution in [1.82, 2.24) is 4.90 Å². The standard InChI is InChI=1S/C14H22ClNO2/c1-3-16(9-10-18-4-2)11-14(17)12-5-7-13(15)8-6-12/h5-8,14,17H,3-4,9-11H2,1-2H3. The molecule has 1 atom stereocenters. The monoisotopic (exact) mass is 271 g/mol. The van der Waals surface area contributed by atoms with Crippen LogP contribution in [0.5, 0.6) is 0 Å². The summed E-state index contributed by atoms with van der Waals surface area (Å²) >= 11 is 5.83. The highest BCUT2D eigenvalue weighted by Crippen LogP contribution is 2.17. The summed E-state index contributed by atoms with van der Waals surface area (Å²) in [5.74, 6) is 0. The topological polar surface area (TPSA) is 32.7 Å². The van der Waals surface area contributed by atoms with Crippen molar-refractivity contribution in [2.75, 3.05) is 32.8 Å². The maximum absolute atomic E-state index is 10.1. The number of aliphatic hydroxyl groups is 1. The van der Waals surface area contributed by atoms with Crippen LogP contribution in [0.15, 0.2) is 24.3 Å². The van der Waals surface area contributed by atoms with E-state index in [9.17, 15) is 5.11 Å². The van der Waals surface area contributed by atoms with Gasteiger partial charge in [-0.1, -0.05) is 30.7 Å². The molecule has 1 N–H and O–H groups in total. The molecule has 1 aromatic rings. The molecule has 1 unspecified atom stereocenters. The third-order valence-corrected chi connectivity index (χ3v) is 3.14. The van der Waals surface area contributed by atoms with E-state index in [4.69, 9.17) is 16.3 Å². The first-order valence-corrected chi connectivity index (χ1v) is 6.78. The van der Waals surface area contributed by atoms with Crippen molar-refractivity contribution >= 4 is 11.6 Å². The molecule has 1 aromatic carbocycles. The van der Waals surface area contributed by atoms with Crippen LogP contribution in [0.2, 0.25) is 5.02 Å². The molecule has 0 saturated carbocycles. The lowest BCUT2D eigenvalue weighted by Crippen LogP contribution is -2.31. The molecule has 0 aliphatic carbocycles. The molecule has 4 heteroatoms. The zero-order valence-electron chi connectivity index (χ0n) is 11.1. The Balaban J connectivity index is 2.45. The molecule has 0 heterocycles. The third-order valence-electron chi connectivity index (χ3n) is 2.89. The summed E-state index contributed by atoms with van der Waals surface area (Å²) in [7, 11) is 0. The average molecular weight is 272 g/mol. The Hall–Kier alpha value is -0.610. The number of hydrogen-bond acceptors (Lipinski definition) is 3. The molecule has 1 rings (SSSR count). The Bertz CT molecular complexity index is 329. The van der Waals surface area contributed by atoms with E-state index in [2.05, 4.69) is 11.8 Å². The summed E-state index contributed by atoms with van der Waals surface area (Å²) in [5, 5.41) is 10.8. The molecule has 0 radical (unpaired) electrons. The van der Waals surface area contributed by atoms with Crippen molar-refractivity contribution in [3.63, 3.8) is 0 Å². The Morgan fingerprint density at radius 3 is 2.50 bits per heavy atom. The second-order valence-corrected chi connectivity index (χ2v) is 4.59. The third kappa shape index (κ3) is 5.36. The molecular formula is C14H22ClNO2. The number of benzene rings is 1. The van der Waals surface area contributed by atoms with Gasteiger partial charge in [-0.2, -0.15) is 0 Å². The quantitative estimate of drug-likeness (QED) is 0.738. The van der Waals surface area contributed by atoms with Crippen LogP contribution in [0.25, 0.3) is 0 Å². The van der Waals surface area contributed by atoms with E-state index in [0.29, 0.717) is 18.2 Å². The van der Waals surface area contributed by atoms with Crippen molar-refractivity contribution in [3.8, 4) is 0 Å². The van der Waals surface area contributed by atoms with Crippen molar-refractivity contribution in [3.05, 3.63) is 34.9 Å². The number of rotatable bonds is 8. The zero-order chi connectivity index (χ0) is 13.4. The maximum Gasteiger partial charge on any atom is 0.0916 e. The maximum atomic E-state index is 10.1. The van der Waals surface area contributed by atoms with Crippen LogP contribution in [0.3, 0.4) is 0 Å². The summed E-state index contributed by atoms with van der Waals surface area (Å²) in [6, 6.07) is 7.33. The lowest BCUT2D eigenvalue weighted by atomic mass is 10.1. The summed E-state index contributed by atoms with van der Waals surface area (Å²) in [4.78, 5) is 2.18. The molecule has 0 aliphatic rings. The van der Waals surface area contributed by atoms with Gasteiger partial charge in [0.2, 0.25) is 0 Å². The molecule has 18 heavy (non-hydrogen) atoms. The molecule has 0 bridgehead atoms. The Morgan fingerprint density at radius 2 is 1.94 bits per heavy atom. The highest BCUT2D eigenvalue weighted by Gasteiger charge is 2.12. The van der Waals surface area contributed by atoms with Crippen LogP contribution >= 0.6 is 11.6 Å². The van der Waals surface area contributed by atoms with E-state index >= 15 is 0 Å². The van der Waals surface area contributed by atoms with Gasteiger partial charge in [-0.05, 0) is 31.2 Å². The molecule has 3 nitrogen and oxygen atoms in total. The Labute approximate surface area is 114 Å². The van der Waals surface area contributed by atoms with Gasteiger partial charge in [-0.25, -0.2) is 0 Å². The van der Waals surface area contributed by atoms with Gasteiger partial charge in [0.1, 0.15) is 0 Å². The number of halogens is 1. The van der Waals surface area contributed by atoms with Crippen molar-refractivity contribution < 1.29 is 9.84 Å². The second kappa shape index (κ2) is 8.48. The van der Waals surface area contributed by atoms with Crippen LogP contribution in [-0.2, 0) is 4.74 Å². The fourth-order valence-electron chi connectivity index (χ4n) is 1.75. The largest absolute Gasteiger partial charge is 0.387 e. The van der Waals surface area contributed by atoms with E-state index in [-0.39, 0.29) is 0 Å². The summed E-state index contributed by atoms with van der Waals surface area (Å²) in [6.45, 7) is 7.87. The molecule has 0 aliphatic heterocycles. The fraction of sp³-hybridized carbons (Fsp3) is 0.571. The van der Waals surface area contributed by atoms with E-state index in [0.717, 1.165) is 25.3 Å². The molecule has 0 amide bonds. The smallest absolute Gasteiger partial charge is 0.0916 e. The van der Waals surface area contributed by atoms with Gasteiger partial charge in [-0.3, -0.25) is 4.90 Å². The lowest BCUT2D eigenvalue weighted by molar-refractivity contribution is 0.0792. The highest BCUT2D eigenvalue weighted by molar-refractivity contribution is 6.30. The zero-order valence-corrected chi connectivity index (χ0v) is 11.9. The minimum Gasteiger partial charge on any atom is -0.387 e. The Kier molecular flexibility index (Phi) is 7.28. The second-order valence-electron chi connectivity index (χ2n) is 4.16. The van der Waals surface area contributed by atoms with E-state index in [1.807, 2.05) is 19.1 Å². The van der Waals surface area contributed by atoms with E-state index < -0.39 is 6.10 Å². The summed E-state index contributed by atoms with van der Waals surface area (Å²) in [5.41, 5.74) is 0.897. The van der Waals surface area contributed by atoms with E-state index in [1.54, 1.807) is 12.1 Å².